The van der Waals surface area contributed by atoms with Crippen molar-refractivity contribution in [3.8, 4) is 103 Å². The molecule has 1 saturated heterocycles. The molecule has 80 heavy (non-hydrogen) atoms. The van der Waals surface area contributed by atoms with Crippen LogP contribution in [0.15, 0.2) is 36.4 Å². The number of hydrogen-bond acceptors (Lipinski definition) is 30. The second-order valence-corrected chi connectivity index (χ2v) is 17.6. The number of carboxylic acid groups (broad SMARTS) is 2. The number of carboxylic acids is 2. The van der Waals surface area contributed by atoms with Gasteiger partial charge in [-0.25, -0.2) is 28.8 Å². The van der Waals surface area contributed by atoms with Gasteiger partial charge in [0.1, 0.15) is 18.3 Å². The second kappa shape index (κ2) is 19.5. The molecule has 32 nitrogen and oxygen atoms in total. The zero-order valence-electron chi connectivity index (χ0n) is 39.2. The fourth-order valence-corrected chi connectivity index (χ4v) is 9.10. The van der Waals surface area contributed by atoms with E-state index in [-0.39, 0.29) is 6.07 Å². The first-order valence-corrected chi connectivity index (χ1v) is 22.3. The van der Waals surface area contributed by atoms with Gasteiger partial charge in [-0.1, -0.05) is 0 Å². The fourth-order valence-electron chi connectivity index (χ4n) is 9.10. The van der Waals surface area contributed by atoms with Crippen LogP contribution in [-0.2, 0) is 42.8 Å². The largest absolute Gasteiger partial charge is 0.504 e. The molecule has 0 amide bonds. The summed E-state index contributed by atoms with van der Waals surface area (Å²) in [5.41, 5.74) is -9.21. The molecule has 32 heteroatoms. The van der Waals surface area contributed by atoms with Crippen molar-refractivity contribution in [1.82, 2.24) is 0 Å². The van der Waals surface area contributed by atoms with Crippen LogP contribution in [0.1, 0.15) is 69.7 Å². The van der Waals surface area contributed by atoms with E-state index in [1.165, 1.54) is 0 Å². The van der Waals surface area contributed by atoms with Crippen molar-refractivity contribution >= 4 is 47.8 Å². The zero-order valence-corrected chi connectivity index (χ0v) is 39.2. The number of phenols is 13. The number of ether oxygens (including phenoxy) is 8. The predicted molar refractivity (Wildman–Crippen MR) is 243 cm³/mol. The normalized spacial score (nSPS) is 22.3. The topological polar surface area (TPSA) is 534 Å². The molecule has 0 radical (unpaired) electrons. The summed E-state index contributed by atoms with van der Waals surface area (Å²) < 4.78 is 44.6. The highest BCUT2D eigenvalue weighted by Crippen LogP contribution is 2.56. The van der Waals surface area contributed by atoms with Crippen molar-refractivity contribution in [3.05, 3.63) is 69.8 Å². The molecule has 4 bridgehead atoms. The van der Waals surface area contributed by atoms with Gasteiger partial charge in [-0.15, -0.1) is 0 Å². The van der Waals surface area contributed by atoms with E-state index in [4.69, 9.17) is 37.9 Å². The third-order valence-corrected chi connectivity index (χ3v) is 12.8. The molecule has 4 aliphatic heterocycles. The number of aromatic hydroxyl groups is 13. The third kappa shape index (κ3) is 8.80. The number of benzene rings is 5. The summed E-state index contributed by atoms with van der Waals surface area (Å²) in [4.78, 5) is 111. The molecule has 4 aliphatic rings. The average Bonchev–Trinajstić information content (AvgIpc) is 3.55. The lowest BCUT2D eigenvalue weighted by molar-refractivity contribution is -0.287. The van der Waals surface area contributed by atoms with Crippen LogP contribution in [0, 0.1) is 5.92 Å². The highest BCUT2D eigenvalue weighted by molar-refractivity contribution is 6.09. The molecule has 0 spiro atoms. The van der Waals surface area contributed by atoms with Gasteiger partial charge in [0.25, 0.3) is 0 Å². The minimum Gasteiger partial charge on any atom is -0.504 e. The Morgan fingerprint density at radius 2 is 1.11 bits per heavy atom. The number of carbonyl (C=O) groups excluding carboxylic acids is 6. The third-order valence-electron chi connectivity index (χ3n) is 12.8. The van der Waals surface area contributed by atoms with Crippen molar-refractivity contribution in [3.63, 3.8) is 0 Å². The Morgan fingerprint density at radius 1 is 0.562 bits per heavy atom. The SMILES string of the molecule is O=C(O)CC1C(=O)OC2C3COC(=O)c4cc(O)c(O)c(O)c4-c4c(cc(Oc5c(C(=O)O)cc(O)c(O)c5O)c(O)c4O)C(=O)OC2C(OC(=O)c2cc(O)c(O)c4c2C1C(O)C(=O)O4)C(OC(=O)c1cc(O)c(O)c(O)c1)O3. The molecule has 0 saturated carbocycles. The number of fused-ring (bicyclic) bond motifs is 3. The lowest BCUT2D eigenvalue weighted by Gasteiger charge is -2.44. The van der Waals surface area contributed by atoms with E-state index in [0.29, 0.717) is 30.3 Å². The number of aliphatic hydroxyl groups excluding tert-OH is 1. The van der Waals surface area contributed by atoms with Crippen LogP contribution >= 0.6 is 0 Å². The summed E-state index contributed by atoms with van der Waals surface area (Å²) in [7, 11) is 0. The zero-order chi connectivity index (χ0) is 58.4. The number of carbonyl (C=O) groups is 8. The van der Waals surface area contributed by atoms with Crippen LogP contribution < -0.4 is 9.47 Å². The molecule has 1 fully saturated rings. The predicted octanol–water partition coefficient (Wildman–Crippen LogP) is 0.900. The van der Waals surface area contributed by atoms with Gasteiger partial charge in [0.05, 0.1) is 34.6 Å². The number of phenolic OH excluding ortho intramolecular Hbond substituents is 13. The second-order valence-electron chi connectivity index (χ2n) is 17.6. The first-order chi connectivity index (χ1) is 37.6. The summed E-state index contributed by atoms with van der Waals surface area (Å²) in [6.45, 7) is -1.41. The van der Waals surface area contributed by atoms with Crippen molar-refractivity contribution in [1.29, 1.82) is 0 Å². The standard InChI is InChI=1S/C48H34O32/c49-15-1-9(2-16(50)27(15)56)42(67)80-48-40-39-37(76-46(71)13(7-22(54)55)25-26-11(44(69)79-40)4-19(53)30(59)38(26)77-47(72)34(25)63)21(75-48)8-73-43(68)10-3-17(51)28(57)32(61)23(10)24-12(45(70)78-39)6-20(31(60)33(24)62)74-36-14(41(65)66)5-18(52)29(58)35(36)64/h1-6,13,21,25,34,37,39-40,48-53,56-64H,7-8H2,(H,54,55)(H,65,66). The molecule has 5 aromatic carbocycles. The van der Waals surface area contributed by atoms with Crippen molar-refractivity contribution in [2.75, 3.05) is 6.61 Å². The lowest BCUT2D eigenvalue weighted by atomic mass is 9.76. The molecule has 16 N–H and O–H groups in total. The molecule has 4 heterocycles. The summed E-state index contributed by atoms with van der Waals surface area (Å²) >= 11 is 0. The van der Waals surface area contributed by atoms with E-state index in [1.54, 1.807) is 0 Å². The van der Waals surface area contributed by atoms with Crippen molar-refractivity contribution in [2.45, 2.75) is 49.1 Å². The number of aromatic carboxylic acids is 1. The van der Waals surface area contributed by atoms with Crippen LogP contribution in [-0.4, -0.2) is 173 Å². The molecule has 0 aliphatic carbocycles. The van der Waals surface area contributed by atoms with Gasteiger partial charge in [-0.3, -0.25) is 9.59 Å². The molecular weight excluding hydrogens is 1090 g/mol. The Labute approximate surface area is 439 Å². The number of aliphatic hydroxyl groups is 1. The summed E-state index contributed by atoms with van der Waals surface area (Å²) in [5, 5.41) is 171. The number of esters is 6. The molecule has 8 atom stereocenters. The highest BCUT2D eigenvalue weighted by atomic mass is 16.7. The highest BCUT2D eigenvalue weighted by Gasteiger charge is 2.58. The van der Waals surface area contributed by atoms with Gasteiger partial charge in [0, 0.05) is 34.7 Å². The van der Waals surface area contributed by atoms with E-state index >= 15 is 4.79 Å². The van der Waals surface area contributed by atoms with Crippen molar-refractivity contribution in [2.24, 2.45) is 5.92 Å². The fraction of sp³-hybridized carbons (Fsp3) is 0.208. The van der Waals surface area contributed by atoms with E-state index in [1.807, 2.05) is 0 Å². The van der Waals surface area contributed by atoms with Gasteiger partial charge >= 0.3 is 47.8 Å². The van der Waals surface area contributed by atoms with E-state index in [2.05, 4.69) is 0 Å². The quantitative estimate of drug-likeness (QED) is 0.0466. The van der Waals surface area contributed by atoms with Crippen LogP contribution in [0.5, 0.6) is 92.0 Å². The minimum absolute atomic E-state index is 0.272. The Bertz CT molecular complexity index is 3580. The van der Waals surface area contributed by atoms with E-state index in [0.717, 1.165) is 0 Å². The molecule has 8 unspecified atom stereocenters. The van der Waals surface area contributed by atoms with E-state index in [9.17, 15) is 115 Å². The van der Waals surface area contributed by atoms with Gasteiger partial charge in [-0.05, 0) is 24.3 Å². The van der Waals surface area contributed by atoms with Gasteiger partial charge in [0.15, 0.2) is 81.6 Å². The Morgan fingerprint density at radius 3 is 1.75 bits per heavy atom. The smallest absolute Gasteiger partial charge is 0.341 e. The maximum atomic E-state index is 15.2. The van der Waals surface area contributed by atoms with Crippen LogP contribution in [0.25, 0.3) is 11.1 Å². The first kappa shape index (κ1) is 53.8. The summed E-state index contributed by atoms with van der Waals surface area (Å²) in [5.74, 6) is -41.7. The van der Waals surface area contributed by atoms with E-state index < -0.39 is 246 Å². The van der Waals surface area contributed by atoms with Crippen LogP contribution in [0.2, 0.25) is 0 Å². The van der Waals surface area contributed by atoms with Crippen LogP contribution in [0.3, 0.4) is 0 Å². The lowest BCUT2D eigenvalue weighted by Crippen LogP contribution is -2.63. The maximum Gasteiger partial charge on any atom is 0.341 e. The van der Waals surface area contributed by atoms with Gasteiger partial charge in [-0.2, -0.15) is 0 Å². The summed E-state index contributed by atoms with van der Waals surface area (Å²) in [6, 6.07) is 2.35. The monoisotopic (exact) mass is 1120 g/mol. The Hall–Kier alpha value is -11.0. The number of rotatable bonds is 7. The number of aliphatic carboxylic acids is 1. The molecule has 418 valence electrons. The maximum absolute atomic E-state index is 15.2. The van der Waals surface area contributed by atoms with Crippen molar-refractivity contribution < 1.29 is 158 Å². The molecule has 0 aromatic heterocycles. The Balaban J connectivity index is 1.32. The van der Waals surface area contributed by atoms with Crippen LogP contribution in [0.4, 0.5) is 0 Å². The molecule has 5 aromatic rings. The van der Waals surface area contributed by atoms with Gasteiger partial charge in [0.2, 0.25) is 41.1 Å². The number of hydrogen-bond donors (Lipinski definition) is 16. The average molecular weight is 1120 g/mol. The molecular formula is C48H34O32. The number of cyclic esters (lactones) is 1. The summed E-state index contributed by atoms with van der Waals surface area (Å²) in [6.07, 6.45) is -17.2. The minimum atomic E-state index is -2.75. The Kier molecular flexibility index (Phi) is 13.1. The molecule has 9 rings (SSSR count). The van der Waals surface area contributed by atoms with Gasteiger partial charge < -0.3 is 120 Å². The first-order valence-electron chi connectivity index (χ1n) is 22.3.